The normalized spacial score (nSPS) is 11.5. The van der Waals surface area contributed by atoms with Gasteiger partial charge in [-0.1, -0.05) is 64.2 Å². The van der Waals surface area contributed by atoms with E-state index in [1.165, 1.54) is 25.7 Å². The lowest BCUT2D eigenvalue weighted by atomic mass is 10.1. The van der Waals surface area contributed by atoms with Crippen molar-refractivity contribution < 1.29 is 9.53 Å². The molecule has 0 saturated heterocycles. The fourth-order valence-corrected chi connectivity index (χ4v) is 2.61. The number of carbonyl (C=O) groups is 1. The number of amides is 1. The molecule has 0 N–H and O–H groups in total. The minimum absolute atomic E-state index is 0.161. The number of benzene rings is 1. The lowest BCUT2D eigenvalue weighted by Gasteiger charge is -2.13. The molecule has 0 bridgehead atoms. The molecule has 5 heteroatoms. The second-order valence-electron chi connectivity index (χ2n) is 6.27. The Morgan fingerprint density at radius 1 is 1.08 bits per heavy atom. The Morgan fingerprint density at radius 2 is 1.81 bits per heavy atom. The van der Waals surface area contributed by atoms with E-state index in [4.69, 9.17) is 4.74 Å². The Kier molecular flexibility index (Phi) is 8.60. The van der Waals surface area contributed by atoms with Crippen molar-refractivity contribution in [1.82, 2.24) is 9.78 Å². The van der Waals surface area contributed by atoms with Crippen molar-refractivity contribution >= 4 is 5.91 Å². The topological polar surface area (TPSA) is 56.5 Å². The molecule has 2 rings (SSSR count). The molecule has 2 aromatic rings. The minimum Gasteiger partial charge on any atom is -0.478 e. The fourth-order valence-electron chi connectivity index (χ4n) is 2.61. The van der Waals surface area contributed by atoms with Crippen molar-refractivity contribution in [2.45, 2.75) is 58.8 Å². The minimum atomic E-state index is -0.161. The van der Waals surface area contributed by atoms with Crippen LogP contribution in [0.15, 0.2) is 47.6 Å². The summed E-state index contributed by atoms with van der Waals surface area (Å²) in [6.07, 6.45) is 9.23. The van der Waals surface area contributed by atoms with Crippen LogP contribution in [0.25, 0.3) is 5.69 Å². The van der Waals surface area contributed by atoms with E-state index >= 15 is 0 Å². The van der Waals surface area contributed by atoms with Gasteiger partial charge < -0.3 is 4.74 Å². The van der Waals surface area contributed by atoms with Crippen LogP contribution in [0.1, 0.15) is 58.8 Å². The molecule has 1 heterocycles. The number of carbonyl (C=O) groups excluding carboxylic acids is 1. The van der Waals surface area contributed by atoms with E-state index in [0.29, 0.717) is 24.3 Å². The summed E-state index contributed by atoms with van der Waals surface area (Å²) >= 11 is 0. The number of unbranched alkanes of at least 4 members (excludes halogenated alkanes) is 5. The summed E-state index contributed by atoms with van der Waals surface area (Å²) in [5.74, 6) is 0.445. The van der Waals surface area contributed by atoms with Gasteiger partial charge in [-0.3, -0.25) is 4.79 Å². The van der Waals surface area contributed by atoms with Gasteiger partial charge >= 0.3 is 0 Å². The van der Waals surface area contributed by atoms with Gasteiger partial charge in [-0.15, -0.1) is 0 Å². The van der Waals surface area contributed by atoms with E-state index in [1.54, 1.807) is 23.9 Å². The molecule has 1 aromatic heterocycles. The molecule has 5 nitrogen and oxygen atoms in total. The molecule has 0 saturated carbocycles. The Morgan fingerprint density at radius 3 is 2.54 bits per heavy atom. The highest BCUT2D eigenvalue weighted by Crippen LogP contribution is 2.15. The summed E-state index contributed by atoms with van der Waals surface area (Å²) in [5, 5.41) is 4.95. The SMILES string of the molecule is CCCCCCCCOc1c/c(=N/C(=O)CC)cnn1-c1ccccc1. The summed E-state index contributed by atoms with van der Waals surface area (Å²) in [4.78, 5) is 15.6. The predicted octanol–water partition coefficient (Wildman–Crippen LogP) is 4.45. The third-order valence-electron chi connectivity index (χ3n) is 4.09. The average molecular weight is 355 g/mol. The second-order valence-corrected chi connectivity index (χ2v) is 6.27. The molecule has 0 radical (unpaired) electrons. The van der Waals surface area contributed by atoms with Crippen molar-refractivity contribution in [3.05, 3.63) is 48.0 Å². The van der Waals surface area contributed by atoms with Crippen molar-refractivity contribution in [1.29, 1.82) is 0 Å². The molecule has 0 atom stereocenters. The van der Waals surface area contributed by atoms with Crippen LogP contribution in [0.2, 0.25) is 0 Å². The van der Waals surface area contributed by atoms with Gasteiger partial charge in [0, 0.05) is 12.5 Å². The molecule has 140 valence electrons. The van der Waals surface area contributed by atoms with E-state index in [1.807, 2.05) is 30.3 Å². The Balaban J connectivity index is 2.10. The lowest BCUT2D eigenvalue weighted by molar-refractivity contribution is -0.117. The quantitative estimate of drug-likeness (QED) is 0.592. The third-order valence-corrected chi connectivity index (χ3v) is 4.09. The summed E-state index contributed by atoms with van der Waals surface area (Å²) in [7, 11) is 0. The van der Waals surface area contributed by atoms with Gasteiger partial charge in [0.05, 0.1) is 23.8 Å². The molecule has 1 aromatic carbocycles. The first-order chi connectivity index (χ1) is 12.7. The zero-order chi connectivity index (χ0) is 18.6. The zero-order valence-electron chi connectivity index (χ0n) is 15.9. The first-order valence-electron chi connectivity index (χ1n) is 9.59. The van der Waals surface area contributed by atoms with Crippen molar-refractivity contribution in [2.24, 2.45) is 4.99 Å². The maximum Gasteiger partial charge on any atom is 0.245 e. The first kappa shape index (κ1) is 19.9. The van der Waals surface area contributed by atoms with Gasteiger partial charge in [0.25, 0.3) is 0 Å². The standard InChI is InChI=1S/C21H29N3O2/c1-3-5-6-7-8-12-15-26-21-16-18(23-20(25)4-2)17-22-24(21)19-13-10-9-11-14-19/h9-11,13-14,16-17H,3-8,12,15H2,1-2H3/b23-18-. The zero-order valence-corrected chi connectivity index (χ0v) is 15.9. The molecule has 0 aliphatic rings. The van der Waals surface area contributed by atoms with Crippen molar-refractivity contribution in [3.63, 3.8) is 0 Å². The molecule has 0 aliphatic carbocycles. The van der Waals surface area contributed by atoms with Gasteiger partial charge in [0.15, 0.2) is 0 Å². The number of aromatic nitrogens is 2. The summed E-state index contributed by atoms with van der Waals surface area (Å²) in [5.41, 5.74) is 0.916. The van der Waals surface area contributed by atoms with Crippen LogP contribution < -0.4 is 10.1 Å². The summed E-state index contributed by atoms with van der Waals surface area (Å²) in [6, 6.07) is 11.6. The van der Waals surface area contributed by atoms with Gasteiger partial charge in [0.2, 0.25) is 11.8 Å². The van der Waals surface area contributed by atoms with E-state index < -0.39 is 0 Å². The van der Waals surface area contributed by atoms with Crippen LogP contribution in [0.5, 0.6) is 5.88 Å². The van der Waals surface area contributed by atoms with Gasteiger partial charge in [-0.25, -0.2) is 9.67 Å². The molecular formula is C21H29N3O2. The van der Waals surface area contributed by atoms with E-state index in [2.05, 4.69) is 17.0 Å². The summed E-state index contributed by atoms with van der Waals surface area (Å²) in [6.45, 7) is 4.65. The van der Waals surface area contributed by atoms with Gasteiger partial charge in [-0.2, -0.15) is 5.10 Å². The fraction of sp³-hybridized carbons (Fsp3) is 0.476. The molecule has 0 aliphatic heterocycles. The largest absolute Gasteiger partial charge is 0.478 e. The summed E-state index contributed by atoms with van der Waals surface area (Å²) < 4.78 is 7.73. The highest BCUT2D eigenvalue weighted by atomic mass is 16.5. The van der Waals surface area contributed by atoms with E-state index in [-0.39, 0.29) is 5.91 Å². The van der Waals surface area contributed by atoms with Crippen molar-refractivity contribution in [2.75, 3.05) is 6.61 Å². The Hall–Kier alpha value is -2.43. The van der Waals surface area contributed by atoms with Crippen LogP contribution >= 0.6 is 0 Å². The number of rotatable bonds is 10. The van der Waals surface area contributed by atoms with Crippen molar-refractivity contribution in [3.8, 4) is 11.6 Å². The molecule has 26 heavy (non-hydrogen) atoms. The Bertz CT molecular complexity index is 738. The number of hydrogen-bond acceptors (Lipinski definition) is 3. The lowest BCUT2D eigenvalue weighted by Crippen LogP contribution is -2.15. The molecule has 1 amide bonds. The first-order valence-corrected chi connectivity index (χ1v) is 9.59. The van der Waals surface area contributed by atoms with Crippen LogP contribution in [0, 0.1) is 0 Å². The predicted molar refractivity (Wildman–Crippen MR) is 103 cm³/mol. The second kappa shape index (κ2) is 11.2. The number of para-hydroxylation sites is 1. The number of ether oxygens (including phenoxy) is 1. The smallest absolute Gasteiger partial charge is 0.245 e. The van der Waals surface area contributed by atoms with Crippen LogP contribution in [-0.2, 0) is 4.79 Å². The Labute approximate surface area is 155 Å². The molecule has 0 unspecified atom stereocenters. The van der Waals surface area contributed by atoms with Gasteiger partial charge in [0.1, 0.15) is 0 Å². The monoisotopic (exact) mass is 355 g/mol. The van der Waals surface area contributed by atoms with Crippen LogP contribution in [0.3, 0.4) is 0 Å². The highest BCUT2D eigenvalue weighted by molar-refractivity contribution is 5.76. The third kappa shape index (κ3) is 6.47. The van der Waals surface area contributed by atoms with Gasteiger partial charge in [-0.05, 0) is 18.6 Å². The van der Waals surface area contributed by atoms with E-state index in [0.717, 1.165) is 18.5 Å². The maximum absolute atomic E-state index is 11.6. The van der Waals surface area contributed by atoms with Crippen LogP contribution in [0.4, 0.5) is 0 Å². The maximum atomic E-state index is 11.6. The molecule has 0 fully saturated rings. The highest BCUT2D eigenvalue weighted by Gasteiger charge is 2.06. The number of nitrogens with zero attached hydrogens (tertiary/aromatic N) is 3. The van der Waals surface area contributed by atoms with Crippen LogP contribution in [-0.4, -0.2) is 22.3 Å². The molecular weight excluding hydrogens is 326 g/mol. The molecule has 0 spiro atoms. The average Bonchev–Trinajstić information content (AvgIpc) is 2.68. The number of hydrogen-bond donors (Lipinski definition) is 0. The van der Waals surface area contributed by atoms with E-state index in [9.17, 15) is 4.79 Å².